The van der Waals surface area contributed by atoms with Crippen molar-refractivity contribution in [2.45, 2.75) is 58.0 Å². The Hall–Kier alpha value is -1.78. The highest BCUT2D eigenvalue weighted by molar-refractivity contribution is 7.88. The predicted octanol–water partition coefficient (Wildman–Crippen LogP) is 1.77. The molecule has 0 aliphatic heterocycles. The average Bonchev–Trinajstić information content (AvgIpc) is 2.67. The second-order valence-corrected chi connectivity index (χ2v) is 8.79. The van der Waals surface area contributed by atoms with Crippen molar-refractivity contribution in [2.75, 3.05) is 32.6 Å². The number of ether oxygens (including phenoxy) is 2. The molecule has 0 radical (unpaired) electrons. The number of hydrogen-bond acceptors (Lipinski definition) is 8. The smallest absolute Gasteiger partial charge is 0.305 e. The van der Waals surface area contributed by atoms with E-state index in [9.17, 15) is 18.3 Å². The van der Waals surface area contributed by atoms with Crippen LogP contribution in [0.1, 0.15) is 51.9 Å². The van der Waals surface area contributed by atoms with Gasteiger partial charge in [-0.15, -0.1) is 0 Å². The predicted molar refractivity (Wildman–Crippen MR) is 109 cm³/mol. The molecular formula is C19H33N3O6S. The van der Waals surface area contributed by atoms with E-state index in [2.05, 4.69) is 9.97 Å². The molecule has 166 valence electrons. The number of hydrogen-bond donors (Lipinski definition) is 1. The average molecular weight is 432 g/mol. The Labute approximate surface area is 173 Å². The fourth-order valence-corrected chi connectivity index (χ4v) is 3.65. The van der Waals surface area contributed by atoms with Crippen LogP contribution in [0.3, 0.4) is 0 Å². The molecule has 0 bridgehead atoms. The highest BCUT2D eigenvalue weighted by Crippen LogP contribution is 2.10. The number of nitrogens with zero attached hydrogens (tertiary/aromatic N) is 3. The summed E-state index contributed by atoms with van der Waals surface area (Å²) in [5.74, 6) is 0.292. The fourth-order valence-electron chi connectivity index (χ4n) is 2.73. The second kappa shape index (κ2) is 14.2. The van der Waals surface area contributed by atoms with E-state index in [4.69, 9.17) is 9.47 Å². The minimum Gasteiger partial charge on any atom is -0.488 e. The summed E-state index contributed by atoms with van der Waals surface area (Å²) < 4.78 is 35.6. The molecule has 1 unspecified atom stereocenters. The van der Waals surface area contributed by atoms with Crippen molar-refractivity contribution in [3.05, 3.63) is 18.7 Å². The molecule has 29 heavy (non-hydrogen) atoms. The van der Waals surface area contributed by atoms with Gasteiger partial charge in [-0.25, -0.2) is 22.7 Å². The number of aromatic nitrogens is 2. The number of rotatable bonds is 16. The van der Waals surface area contributed by atoms with Crippen LogP contribution in [0.2, 0.25) is 0 Å². The Balaban J connectivity index is 2.21. The van der Waals surface area contributed by atoms with Crippen LogP contribution >= 0.6 is 0 Å². The topological polar surface area (TPSA) is 119 Å². The van der Waals surface area contributed by atoms with Crippen LogP contribution < -0.4 is 4.74 Å². The van der Waals surface area contributed by atoms with E-state index in [1.165, 1.54) is 29.3 Å². The quantitative estimate of drug-likeness (QED) is 0.311. The minimum atomic E-state index is -3.30. The SMILES string of the molecule is CCOC(=O)CCCCCCN(CCCC(O)COc1cncnc1)S(C)(=O)=O. The zero-order valence-corrected chi connectivity index (χ0v) is 18.1. The number of carbonyl (C=O) groups is 1. The molecule has 1 rings (SSSR count). The van der Waals surface area contributed by atoms with Crippen LogP contribution in [-0.2, 0) is 19.6 Å². The van der Waals surface area contributed by atoms with E-state index in [1.54, 1.807) is 6.92 Å². The summed E-state index contributed by atoms with van der Waals surface area (Å²) in [7, 11) is -3.30. The van der Waals surface area contributed by atoms with Gasteiger partial charge in [0.25, 0.3) is 0 Å². The monoisotopic (exact) mass is 431 g/mol. The molecule has 10 heteroatoms. The molecule has 1 N–H and O–H groups in total. The molecule has 1 heterocycles. The Bertz CT molecular complexity index is 672. The number of aliphatic hydroxyl groups is 1. The maximum Gasteiger partial charge on any atom is 0.305 e. The number of sulfonamides is 1. The van der Waals surface area contributed by atoms with E-state index >= 15 is 0 Å². The highest BCUT2D eigenvalue weighted by atomic mass is 32.2. The van der Waals surface area contributed by atoms with Crippen molar-refractivity contribution in [2.24, 2.45) is 0 Å². The van der Waals surface area contributed by atoms with Crippen LogP contribution in [0, 0.1) is 0 Å². The second-order valence-electron chi connectivity index (χ2n) is 6.81. The van der Waals surface area contributed by atoms with Crippen LogP contribution in [0.5, 0.6) is 5.75 Å². The lowest BCUT2D eigenvalue weighted by Crippen LogP contribution is -2.32. The largest absolute Gasteiger partial charge is 0.488 e. The van der Waals surface area contributed by atoms with Gasteiger partial charge in [-0.05, 0) is 32.6 Å². The van der Waals surface area contributed by atoms with Gasteiger partial charge in [-0.1, -0.05) is 12.8 Å². The third-order valence-corrected chi connectivity index (χ3v) is 5.54. The van der Waals surface area contributed by atoms with Gasteiger partial charge in [-0.3, -0.25) is 4.79 Å². The Morgan fingerprint density at radius 3 is 2.45 bits per heavy atom. The van der Waals surface area contributed by atoms with Crippen LogP contribution in [0.25, 0.3) is 0 Å². The number of aliphatic hydroxyl groups excluding tert-OH is 1. The van der Waals surface area contributed by atoms with Crippen molar-refractivity contribution in [1.82, 2.24) is 14.3 Å². The first-order valence-corrected chi connectivity index (χ1v) is 11.8. The molecule has 0 aromatic carbocycles. The van der Waals surface area contributed by atoms with Gasteiger partial charge in [0.15, 0.2) is 5.75 Å². The fraction of sp³-hybridized carbons (Fsp3) is 0.737. The van der Waals surface area contributed by atoms with Crippen LogP contribution in [0.4, 0.5) is 0 Å². The van der Waals surface area contributed by atoms with Crippen LogP contribution in [-0.4, -0.2) is 72.4 Å². The molecule has 1 atom stereocenters. The first-order valence-electron chi connectivity index (χ1n) is 9.99. The van der Waals surface area contributed by atoms with E-state index < -0.39 is 16.1 Å². The van der Waals surface area contributed by atoms with E-state index in [-0.39, 0.29) is 12.6 Å². The Morgan fingerprint density at radius 2 is 1.79 bits per heavy atom. The summed E-state index contributed by atoms with van der Waals surface area (Å²) >= 11 is 0. The molecule has 1 aromatic heterocycles. The number of carbonyl (C=O) groups excluding carboxylic acids is 1. The van der Waals surface area contributed by atoms with E-state index in [0.29, 0.717) is 44.7 Å². The van der Waals surface area contributed by atoms with E-state index in [1.807, 2.05) is 0 Å². The third-order valence-electron chi connectivity index (χ3n) is 4.24. The molecule has 0 amide bonds. The standard InChI is InChI=1S/C19H33N3O6S/c1-3-27-19(24)10-6-4-5-7-11-22(29(2,25)26)12-8-9-17(23)15-28-18-13-20-16-21-14-18/h13-14,16-17,23H,3-12,15H2,1-2H3. The summed E-state index contributed by atoms with van der Waals surface area (Å²) in [5.41, 5.74) is 0. The van der Waals surface area contributed by atoms with Crippen molar-refractivity contribution < 1.29 is 27.8 Å². The van der Waals surface area contributed by atoms with Crippen molar-refractivity contribution in [3.8, 4) is 5.75 Å². The number of esters is 1. The van der Waals surface area contributed by atoms with Crippen LogP contribution in [0.15, 0.2) is 18.7 Å². The van der Waals surface area contributed by atoms with Crippen molar-refractivity contribution in [3.63, 3.8) is 0 Å². The van der Waals surface area contributed by atoms with Gasteiger partial charge in [0, 0.05) is 19.5 Å². The normalized spacial score (nSPS) is 12.7. The molecule has 1 aromatic rings. The van der Waals surface area contributed by atoms with Gasteiger partial charge < -0.3 is 14.6 Å². The summed E-state index contributed by atoms with van der Waals surface area (Å²) in [5, 5.41) is 10.0. The lowest BCUT2D eigenvalue weighted by molar-refractivity contribution is -0.143. The minimum absolute atomic E-state index is 0.104. The first-order chi connectivity index (χ1) is 13.8. The summed E-state index contributed by atoms with van der Waals surface area (Å²) in [6.45, 7) is 3.07. The molecule has 0 saturated carbocycles. The maximum absolute atomic E-state index is 12.0. The molecule has 0 aliphatic carbocycles. The lowest BCUT2D eigenvalue weighted by atomic mass is 10.1. The summed E-state index contributed by atoms with van der Waals surface area (Å²) in [6, 6.07) is 0. The van der Waals surface area contributed by atoms with Gasteiger partial charge in [-0.2, -0.15) is 0 Å². The van der Waals surface area contributed by atoms with E-state index in [0.717, 1.165) is 25.7 Å². The number of unbranched alkanes of at least 4 members (excludes halogenated alkanes) is 3. The van der Waals surface area contributed by atoms with Gasteiger partial charge in [0.05, 0.1) is 31.4 Å². The zero-order valence-electron chi connectivity index (χ0n) is 17.3. The molecule has 0 aliphatic rings. The molecule has 0 fully saturated rings. The van der Waals surface area contributed by atoms with Gasteiger partial charge in [0.2, 0.25) is 10.0 Å². The third kappa shape index (κ3) is 12.4. The molecule has 9 nitrogen and oxygen atoms in total. The lowest BCUT2D eigenvalue weighted by Gasteiger charge is -2.20. The highest BCUT2D eigenvalue weighted by Gasteiger charge is 2.16. The van der Waals surface area contributed by atoms with Crippen molar-refractivity contribution >= 4 is 16.0 Å². The molecule has 0 saturated heterocycles. The summed E-state index contributed by atoms with van der Waals surface area (Å²) in [6.07, 6.45) is 9.47. The Morgan fingerprint density at radius 1 is 1.14 bits per heavy atom. The maximum atomic E-state index is 12.0. The van der Waals surface area contributed by atoms with Gasteiger partial charge in [0.1, 0.15) is 12.9 Å². The molecule has 0 spiro atoms. The molecular weight excluding hydrogens is 398 g/mol. The summed E-state index contributed by atoms with van der Waals surface area (Å²) in [4.78, 5) is 18.9. The zero-order chi connectivity index (χ0) is 21.5. The Kier molecular flexibility index (Phi) is 12.4. The van der Waals surface area contributed by atoms with Gasteiger partial charge >= 0.3 is 5.97 Å². The van der Waals surface area contributed by atoms with Crippen molar-refractivity contribution in [1.29, 1.82) is 0 Å². The first kappa shape index (κ1) is 25.3.